The van der Waals surface area contributed by atoms with Crippen molar-refractivity contribution in [2.24, 2.45) is 0 Å². The number of aromatic amines is 1. The summed E-state index contributed by atoms with van der Waals surface area (Å²) in [5, 5.41) is 15.2. The van der Waals surface area contributed by atoms with Gasteiger partial charge in [-0.15, -0.1) is 21.5 Å². The lowest BCUT2D eigenvalue weighted by molar-refractivity contribution is 0.488. The zero-order chi connectivity index (χ0) is 18.1. The Balaban J connectivity index is 1.58. The first-order chi connectivity index (χ1) is 13.4. The first-order valence-corrected chi connectivity index (χ1v) is 9.14. The zero-order valence-electron chi connectivity index (χ0n) is 14.0. The van der Waals surface area contributed by atoms with Crippen molar-refractivity contribution in [2.75, 3.05) is 0 Å². The predicted octanol–water partition coefficient (Wildman–Crippen LogP) is 4.94. The monoisotopic (exact) mass is 371 g/mol. The van der Waals surface area contributed by atoms with Crippen LogP contribution in [0.2, 0.25) is 0 Å². The van der Waals surface area contributed by atoms with Crippen molar-refractivity contribution in [3.8, 4) is 33.3 Å². The number of nitrogens with zero attached hydrogens (tertiary/aromatic N) is 4. The minimum atomic E-state index is 0.562. The van der Waals surface area contributed by atoms with Gasteiger partial charge in [-0.2, -0.15) is 5.21 Å². The van der Waals surface area contributed by atoms with Crippen LogP contribution in [0.4, 0.5) is 0 Å². The van der Waals surface area contributed by atoms with E-state index in [1.807, 2.05) is 48.7 Å². The number of H-pyrrole nitrogens is 1. The summed E-state index contributed by atoms with van der Waals surface area (Å²) in [4.78, 5) is 5.24. The molecule has 3 aromatic heterocycles. The van der Waals surface area contributed by atoms with Gasteiger partial charge in [0.05, 0.1) is 15.8 Å². The number of thiophene rings is 1. The molecule has 5 aromatic rings. The fourth-order valence-electron chi connectivity index (χ4n) is 2.92. The molecule has 0 amide bonds. The molecule has 7 heteroatoms. The quantitative estimate of drug-likeness (QED) is 0.484. The Morgan fingerprint density at radius 1 is 0.889 bits per heavy atom. The molecule has 0 bridgehead atoms. The Morgan fingerprint density at radius 3 is 2.59 bits per heavy atom. The van der Waals surface area contributed by atoms with E-state index in [4.69, 9.17) is 4.74 Å². The molecule has 0 unspecified atom stereocenters. The highest BCUT2D eigenvalue weighted by molar-refractivity contribution is 7.22. The lowest BCUT2D eigenvalue weighted by Crippen LogP contribution is -1.89. The minimum absolute atomic E-state index is 0.562. The number of pyridine rings is 1. The average Bonchev–Trinajstić information content (AvgIpc) is 3.39. The molecule has 1 N–H and O–H groups in total. The first-order valence-electron chi connectivity index (χ1n) is 8.32. The van der Waals surface area contributed by atoms with E-state index in [0.717, 1.165) is 31.8 Å². The summed E-state index contributed by atoms with van der Waals surface area (Å²) in [6.45, 7) is 0. The molecule has 5 rings (SSSR count). The summed E-state index contributed by atoms with van der Waals surface area (Å²) < 4.78 is 7.29. The molecule has 0 radical (unpaired) electrons. The molecule has 0 aliphatic carbocycles. The van der Waals surface area contributed by atoms with Crippen LogP contribution in [0.3, 0.4) is 0 Å². The molecule has 27 heavy (non-hydrogen) atoms. The van der Waals surface area contributed by atoms with E-state index in [1.165, 1.54) is 0 Å². The summed E-state index contributed by atoms with van der Waals surface area (Å²) in [6.07, 6.45) is 3.55. The molecule has 0 aliphatic rings. The second kappa shape index (κ2) is 6.62. The van der Waals surface area contributed by atoms with Crippen molar-refractivity contribution in [3.63, 3.8) is 0 Å². The number of hydrogen-bond donors (Lipinski definition) is 1. The predicted molar refractivity (Wildman–Crippen MR) is 105 cm³/mol. The largest absolute Gasteiger partial charge is 0.454 e. The number of para-hydroxylation sites is 1. The Bertz CT molecular complexity index is 1200. The number of nitrogens with one attached hydrogen (secondary N) is 1. The molecule has 2 aromatic carbocycles. The van der Waals surface area contributed by atoms with Crippen molar-refractivity contribution < 1.29 is 4.74 Å². The molecule has 0 atom stereocenters. The maximum Gasteiger partial charge on any atom is 0.214 e. The van der Waals surface area contributed by atoms with Gasteiger partial charge >= 0.3 is 0 Å². The molecule has 3 heterocycles. The van der Waals surface area contributed by atoms with Crippen LogP contribution in [-0.4, -0.2) is 25.6 Å². The summed E-state index contributed by atoms with van der Waals surface area (Å²) in [7, 11) is 0. The summed E-state index contributed by atoms with van der Waals surface area (Å²) in [5.74, 6) is 2.04. The van der Waals surface area contributed by atoms with Gasteiger partial charge in [-0.05, 0) is 22.9 Å². The van der Waals surface area contributed by atoms with Gasteiger partial charge in [0, 0.05) is 17.1 Å². The number of hydrogen-bond acceptors (Lipinski definition) is 6. The highest BCUT2D eigenvalue weighted by Gasteiger charge is 2.14. The topological polar surface area (TPSA) is 76.6 Å². The maximum absolute atomic E-state index is 6.29. The van der Waals surface area contributed by atoms with E-state index in [-0.39, 0.29) is 0 Å². The second-order valence-corrected chi connectivity index (χ2v) is 6.94. The van der Waals surface area contributed by atoms with Crippen LogP contribution in [0, 0.1) is 0 Å². The van der Waals surface area contributed by atoms with Gasteiger partial charge in [-0.3, -0.25) is 4.98 Å². The normalized spacial score (nSPS) is 11.0. The lowest BCUT2D eigenvalue weighted by Gasteiger charge is -2.11. The minimum Gasteiger partial charge on any atom is -0.454 e. The van der Waals surface area contributed by atoms with E-state index in [2.05, 4.69) is 43.8 Å². The molecule has 0 saturated carbocycles. The maximum atomic E-state index is 6.29. The Morgan fingerprint density at radius 2 is 1.74 bits per heavy atom. The number of rotatable bonds is 4. The van der Waals surface area contributed by atoms with Crippen LogP contribution in [0.1, 0.15) is 0 Å². The number of ether oxygens (including phenoxy) is 1. The van der Waals surface area contributed by atoms with Gasteiger partial charge in [-0.25, -0.2) is 0 Å². The molecular formula is C20H13N5OS. The third-order valence-corrected chi connectivity index (χ3v) is 5.23. The average molecular weight is 371 g/mol. The molecular weight excluding hydrogens is 358 g/mol. The molecule has 0 aliphatic heterocycles. The Hall–Kier alpha value is -3.58. The highest BCUT2D eigenvalue weighted by atomic mass is 32.1. The van der Waals surface area contributed by atoms with Crippen LogP contribution in [0.15, 0.2) is 73.1 Å². The van der Waals surface area contributed by atoms with Crippen LogP contribution in [0.25, 0.3) is 31.9 Å². The third kappa shape index (κ3) is 2.94. The Labute approximate surface area is 158 Å². The van der Waals surface area contributed by atoms with E-state index < -0.39 is 0 Å². The Kier molecular flexibility index (Phi) is 3.84. The van der Waals surface area contributed by atoms with Gasteiger partial charge in [0.15, 0.2) is 5.75 Å². The van der Waals surface area contributed by atoms with Crippen molar-refractivity contribution >= 4 is 21.4 Å². The third-order valence-electron chi connectivity index (χ3n) is 4.17. The van der Waals surface area contributed by atoms with Crippen LogP contribution < -0.4 is 4.74 Å². The van der Waals surface area contributed by atoms with Crippen LogP contribution in [0.5, 0.6) is 11.5 Å². The smallest absolute Gasteiger partial charge is 0.214 e. The first kappa shape index (κ1) is 15.7. The second-order valence-electron chi connectivity index (χ2n) is 5.86. The standard InChI is InChI=1S/C20H13N5OS/c1-2-6-13(7-3-1)14-8-4-5-9-16(14)26-17-11-21-12-19-15(17)10-18(27-19)20-22-24-25-23-20/h1-12H,(H,22,23,24,25). The SMILES string of the molecule is c1ccc(-c2ccccc2Oc2cncc3sc(-c4nn[nH]n4)cc23)cc1. The molecule has 130 valence electrons. The van der Waals surface area contributed by atoms with E-state index in [1.54, 1.807) is 17.5 Å². The van der Waals surface area contributed by atoms with Crippen molar-refractivity contribution in [1.29, 1.82) is 0 Å². The van der Waals surface area contributed by atoms with Gasteiger partial charge in [-0.1, -0.05) is 48.5 Å². The number of aromatic nitrogens is 5. The summed E-state index contributed by atoms with van der Waals surface area (Å²) >= 11 is 1.55. The molecule has 0 fully saturated rings. The summed E-state index contributed by atoms with van der Waals surface area (Å²) in [6, 6.07) is 20.2. The van der Waals surface area contributed by atoms with E-state index >= 15 is 0 Å². The van der Waals surface area contributed by atoms with Crippen LogP contribution >= 0.6 is 11.3 Å². The van der Waals surface area contributed by atoms with Gasteiger partial charge in [0.25, 0.3) is 0 Å². The van der Waals surface area contributed by atoms with Gasteiger partial charge in [0.1, 0.15) is 5.75 Å². The number of benzene rings is 2. The zero-order valence-corrected chi connectivity index (χ0v) is 14.9. The fraction of sp³-hybridized carbons (Fsp3) is 0. The molecule has 0 saturated heterocycles. The van der Waals surface area contributed by atoms with Gasteiger partial charge < -0.3 is 4.74 Å². The molecule has 6 nitrogen and oxygen atoms in total. The van der Waals surface area contributed by atoms with E-state index in [0.29, 0.717) is 11.6 Å². The lowest BCUT2D eigenvalue weighted by atomic mass is 10.0. The fourth-order valence-corrected chi connectivity index (χ4v) is 3.90. The van der Waals surface area contributed by atoms with Crippen molar-refractivity contribution in [3.05, 3.63) is 73.1 Å². The number of fused-ring (bicyclic) bond motifs is 1. The van der Waals surface area contributed by atoms with Crippen molar-refractivity contribution in [2.45, 2.75) is 0 Å². The highest BCUT2D eigenvalue weighted by Crippen LogP contribution is 2.39. The summed E-state index contributed by atoms with van der Waals surface area (Å²) in [5.41, 5.74) is 2.13. The molecule has 0 spiro atoms. The van der Waals surface area contributed by atoms with E-state index in [9.17, 15) is 0 Å². The van der Waals surface area contributed by atoms with Crippen molar-refractivity contribution in [1.82, 2.24) is 25.6 Å². The van der Waals surface area contributed by atoms with Crippen LogP contribution in [-0.2, 0) is 0 Å². The number of tetrazole rings is 1. The van der Waals surface area contributed by atoms with Gasteiger partial charge in [0.2, 0.25) is 5.82 Å².